The maximum atomic E-state index is 12.2. The molecule has 0 radical (unpaired) electrons. The first-order valence-electron chi connectivity index (χ1n) is 8.53. The maximum absolute atomic E-state index is 12.2. The zero-order chi connectivity index (χ0) is 20.8. The summed E-state index contributed by atoms with van der Waals surface area (Å²) in [5.74, 6) is 0.726. The molecule has 1 heterocycles. The van der Waals surface area contributed by atoms with E-state index in [1.807, 2.05) is 0 Å². The molecule has 0 saturated carbocycles. The Bertz CT molecular complexity index is 1040. The number of para-hydroxylation sites is 2. The number of aryl methyl sites for hydroxylation is 1. The highest BCUT2D eigenvalue weighted by atomic mass is 35.5. The number of ether oxygens (including phenoxy) is 2. The van der Waals surface area contributed by atoms with Gasteiger partial charge in [0.2, 0.25) is 5.91 Å². The molecule has 3 aromatic rings. The van der Waals surface area contributed by atoms with Gasteiger partial charge in [0.1, 0.15) is 5.75 Å². The number of anilines is 1. The van der Waals surface area contributed by atoms with Gasteiger partial charge in [-0.1, -0.05) is 23.7 Å². The van der Waals surface area contributed by atoms with Gasteiger partial charge in [0, 0.05) is 31.3 Å². The summed E-state index contributed by atoms with van der Waals surface area (Å²) in [4.78, 5) is 22.9. The quantitative estimate of drug-likeness (QED) is 0.433. The third-order valence-electron chi connectivity index (χ3n) is 3.85. The van der Waals surface area contributed by atoms with Crippen LogP contribution in [0.1, 0.15) is 6.42 Å². The van der Waals surface area contributed by atoms with Crippen LogP contribution in [-0.4, -0.2) is 27.7 Å². The molecule has 1 amide bonds. The molecule has 10 heteroatoms. The SMILES string of the molecule is COc1ccccc1Oc1cc(NC(=O)CCn2cc(Cl)cn2)cc([N+](=O)[O-])c1. The number of benzene rings is 2. The summed E-state index contributed by atoms with van der Waals surface area (Å²) in [5.41, 5.74) is 0.0270. The van der Waals surface area contributed by atoms with E-state index in [9.17, 15) is 14.9 Å². The van der Waals surface area contributed by atoms with Gasteiger partial charge >= 0.3 is 0 Å². The molecule has 2 aromatic carbocycles. The zero-order valence-corrected chi connectivity index (χ0v) is 16.1. The molecule has 0 atom stereocenters. The van der Waals surface area contributed by atoms with Crippen molar-refractivity contribution in [2.24, 2.45) is 0 Å². The first kappa shape index (κ1) is 20.2. The summed E-state index contributed by atoms with van der Waals surface area (Å²) in [5, 5.41) is 18.4. The Hall–Kier alpha value is -3.59. The fraction of sp³-hybridized carbons (Fsp3) is 0.158. The van der Waals surface area contributed by atoms with Gasteiger partial charge in [0.25, 0.3) is 5.69 Å². The normalized spacial score (nSPS) is 10.4. The highest BCUT2D eigenvalue weighted by Gasteiger charge is 2.14. The molecular formula is C19H17ClN4O5. The minimum Gasteiger partial charge on any atom is -0.493 e. The Morgan fingerprint density at radius 2 is 2.03 bits per heavy atom. The number of hydrogen-bond donors (Lipinski definition) is 1. The second-order valence-corrected chi connectivity index (χ2v) is 6.38. The molecular weight excluding hydrogens is 400 g/mol. The van der Waals surface area contributed by atoms with E-state index in [0.29, 0.717) is 23.1 Å². The van der Waals surface area contributed by atoms with Crippen LogP contribution in [0.3, 0.4) is 0 Å². The molecule has 29 heavy (non-hydrogen) atoms. The molecule has 3 rings (SSSR count). The van der Waals surface area contributed by atoms with E-state index in [2.05, 4.69) is 10.4 Å². The van der Waals surface area contributed by atoms with E-state index in [1.54, 1.807) is 30.5 Å². The van der Waals surface area contributed by atoms with Gasteiger partial charge in [-0.3, -0.25) is 19.6 Å². The Morgan fingerprint density at radius 3 is 2.69 bits per heavy atom. The third-order valence-corrected chi connectivity index (χ3v) is 4.05. The van der Waals surface area contributed by atoms with Gasteiger partial charge in [-0.15, -0.1) is 0 Å². The molecule has 0 aliphatic rings. The molecule has 1 N–H and O–H groups in total. The average Bonchev–Trinajstić information content (AvgIpc) is 3.12. The summed E-state index contributed by atoms with van der Waals surface area (Å²) in [6, 6.07) is 10.9. The van der Waals surface area contributed by atoms with Crippen LogP contribution in [0.5, 0.6) is 17.2 Å². The molecule has 1 aromatic heterocycles. The molecule has 0 aliphatic carbocycles. The summed E-state index contributed by atoms with van der Waals surface area (Å²) < 4.78 is 12.5. The molecule has 0 unspecified atom stereocenters. The number of halogens is 1. The second kappa shape index (κ2) is 9.07. The first-order chi connectivity index (χ1) is 13.9. The van der Waals surface area contributed by atoms with Gasteiger partial charge in [-0.05, 0) is 12.1 Å². The number of nitrogens with one attached hydrogen (secondary N) is 1. The summed E-state index contributed by atoms with van der Waals surface area (Å²) in [7, 11) is 1.49. The average molecular weight is 417 g/mol. The zero-order valence-electron chi connectivity index (χ0n) is 15.4. The topological polar surface area (TPSA) is 109 Å². The Labute approximate surface area is 171 Å². The van der Waals surface area contributed by atoms with Gasteiger partial charge in [-0.25, -0.2) is 0 Å². The number of methoxy groups -OCH3 is 1. The van der Waals surface area contributed by atoms with Crippen LogP contribution < -0.4 is 14.8 Å². The number of nitrogens with zero attached hydrogens (tertiary/aromatic N) is 3. The van der Waals surface area contributed by atoms with Gasteiger partial charge in [0.15, 0.2) is 11.5 Å². The van der Waals surface area contributed by atoms with Crippen molar-refractivity contribution in [1.29, 1.82) is 0 Å². The smallest absolute Gasteiger partial charge is 0.275 e. The first-order valence-corrected chi connectivity index (χ1v) is 8.90. The van der Waals surface area contributed by atoms with Crippen molar-refractivity contribution in [3.8, 4) is 17.2 Å². The lowest BCUT2D eigenvalue weighted by molar-refractivity contribution is -0.384. The fourth-order valence-corrected chi connectivity index (χ4v) is 2.71. The van der Waals surface area contributed by atoms with Crippen molar-refractivity contribution in [2.75, 3.05) is 12.4 Å². The number of non-ortho nitro benzene ring substituents is 1. The van der Waals surface area contributed by atoms with E-state index in [4.69, 9.17) is 21.1 Å². The molecule has 0 fully saturated rings. The number of nitro benzene ring substituents is 1. The van der Waals surface area contributed by atoms with Crippen LogP contribution in [0.4, 0.5) is 11.4 Å². The van der Waals surface area contributed by atoms with Crippen molar-refractivity contribution >= 4 is 28.9 Å². The van der Waals surface area contributed by atoms with Crippen molar-refractivity contribution < 1.29 is 19.2 Å². The fourth-order valence-electron chi connectivity index (χ4n) is 2.55. The lowest BCUT2D eigenvalue weighted by Gasteiger charge is -2.12. The maximum Gasteiger partial charge on any atom is 0.275 e. The van der Waals surface area contributed by atoms with Crippen LogP contribution in [0.15, 0.2) is 54.9 Å². The van der Waals surface area contributed by atoms with Gasteiger partial charge < -0.3 is 14.8 Å². The van der Waals surface area contributed by atoms with Crippen LogP contribution in [-0.2, 0) is 11.3 Å². The van der Waals surface area contributed by atoms with Crippen molar-refractivity contribution in [2.45, 2.75) is 13.0 Å². The lowest BCUT2D eigenvalue weighted by atomic mass is 10.2. The number of nitro groups is 1. The summed E-state index contributed by atoms with van der Waals surface area (Å²) in [6.07, 6.45) is 3.19. The minimum atomic E-state index is -0.559. The van der Waals surface area contributed by atoms with E-state index >= 15 is 0 Å². The minimum absolute atomic E-state index is 0.114. The highest BCUT2D eigenvalue weighted by Crippen LogP contribution is 2.34. The van der Waals surface area contributed by atoms with Crippen molar-refractivity contribution in [3.63, 3.8) is 0 Å². The highest BCUT2D eigenvalue weighted by molar-refractivity contribution is 6.30. The largest absolute Gasteiger partial charge is 0.493 e. The van der Waals surface area contributed by atoms with Crippen LogP contribution >= 0.6 is 11.6 Å². The predicted octanol–water partition coefficient (Wildman–Crippen LogP) is 4.27. The van der Waals surface area contributed by atoms with Crippen molar-refractivity contribution in [3.05, 3.63) is 70.0 Å². The van der Waals surface area contributed by atoms with Crippen LogP contribution in [0.25, 0.3) is 0 Å². The second-order valence-electron chi connectivity index (χ2n) is 5.95. The Kier molecular flexibility index (Phi) is 6.30. The molecule has 9 nitrogen and oxygen atoms in total. The van der Waals surface area contributed by atoms with Gasteiger partial charge in [0.05, 0.1) is 35.0 Å². The third kappa shape index (κ3) is 5.45. The van der Waals surface area contributed by atoms with E-state index < -0.39 is 4.92 Å². The Morgan fingerprint density at radius 1 is 1.28 bits per heavy atom. The summed E-state index contributed by atoms with van der Waals surface area (Å²) >= 11 is 5.79. The number of rotatable bonds is 8. The number of hydrogen-bond acceptors (Lipinski definition) is 6. The standard InChI is InChI=1S/C19H17ClN4O5/c1-28-17-4-2-3-5-18(17)29-16-9-14(8-15(10-16)24(26)27)22-19(25)6-7-23-12-13(20)11-21-23/h2-5,8-12H,6-7H2,1H3,(H,22,25). The van der Waals surface area contributed by atoms with E-state index in [1.165, 1.54) is 36.2 Å². The molecule has 0 aliphatic heterocycles. The van der Waals surface area contributed by atoms with Crippen LogP contribution in [0.2, 0.25) is 5.02 Å². The van der Waals surface area contributed by atoms with E-state index in [-0.39, 0.29) is 29.5 Å². The van der Waals surface area contributed by atoms with Crippen molar-refractivity contribution in [1.82, 2.24) is 9.78 Å². The molecule has 150 valence electrons. The van der Waals surface area contributed by atoms with Crippen LogP contribution in [0, 0.1) is 10.1 Å². The van der Waals surface area contributed by atoms with Gasteiger partial charge in [-0.2, -0.15) is 5.10 Å². The number of aromatic nitrogens is 2. The number of carbonyl (C=O) groups excluding carboxylic acids is 1. The lowest BCUT2D eigenvalue weighted by Crippen LogP contribution is -2.14. The summed E-state index contributed by atoms with van der Waals surface area (Å²) in [6.45, 7) is 0.318. The monoisotopic (exact) mass is 416 g/mol. The number of amides is 1. The molecule has 0 saturated heterocycles. The van der Waals surface area contributed by atoms with E-state index in [0.717, 1.165) is 0 Å². The predicted molar refractivity (Wildman–Crippen MR) is 107 cm³/mol. The molecule has 0 bridgehead atoms. The molecule has 0 spiro atoms. The number of carbonyl (C=O) groups is 1. The Balaban J connectivity index is 1.75.